The Bertz CT molecular complexity index is 798. The van der Waals surface area contributed by atoms with Crippen LogP contribution in [0.1, 0.15) is 18.9 Å². The molecule has 24 heavy (non-hydrogen) atoms. The van der Waals surface area contributed by atoms with Crippen molar-refractivity contribution in [1.29, 1.82) is 0 Å². The molecule has 0 radical (unpaired) electrons. The smallest absolute Gasteiger partial charge is 0.142 e. The van der Waals surface area contributed by atoms with Crippen LogP contribution in [-0.2, 0) is 6.54 Å². The molecule has 2 aromatic heterocycles. The van der Waals surface area contributed by atoms with Crippen LogP contribution in [0.4, 0.5) is 5.82 Å². The van der Waals surface area contributed by atoms with Crippen molar-refractivity contribution in [3.63, 3.8) is 0 Å². The van der Waals surface area contributed by atoms with Gasteiger partial charge in [-0.25, -0.2) is 9.97 Å². The number of hydrogen-bond acceptors (Lipinski definition) is 4. The second-order valence-corrected chi connectivity index (χ2v) is 6.52. The second-order valence-electron chi connectivity index (χ2n) is 6.52. The molecule has 1 atom stereocenters. The fraction of sp³-hybridized carbons (Fsp3) is 0.368. The van der Waals surface area contributed by atoms with Crippen LogP contribution < -0.4 is 4.90 Å². The highest BCUT2D eigenvalue weighted by molar-refractivity contribution is 5.87. The fourth-order valence-corrected chi connectivity index (χ4v) is 3.48. The molecule has 1 saturated heterocycles. The summed E-state index contributed by atoms with van der Waals surface area (Å²) in [5.41, 5.74) is 2.30. The Morgan fingerprint density at radius 1 is 1.08 bits per heavy atom. The van der Waals surface area contributed by atoms with E-state index in [1.165, 1.54) is 5.56 Å². The molecule has 124 valence electrons. The molecule has 1 unspecified atom stereocenters. The molecule has 3 aromatic rings. The van der Waals surface area contributed by atoms with E-state index in [1.807, 2.05) is 6.20 Å². The van der Waals surface area contributed by atoms with Crippen LogP contribution in [0.15, 0.2) is 48.9 Å². The molecule has 0 bridgehead atoms. The summed E-state index contributed by atoms with van der Waals surface area (Å²) >= 11 is 0. The first kappa shape index (κ1) is 15.1. The topological polar surface area (TPSA) is 48.1 Å². The SMILES string of the molecule is CC1CCN(c2ncnc3[nH]ccc23)CCN1Cc1ccccc1. The highest BCUT2D eigenvalue weighted by Gasteiger charge is 2.22. The molecule has 1 N–H and O–H groups in total. The van der Waals surface area contributed by atoms with E-state index in [0.29, 0.717) is 6.04 Å². The Balaban J connectivity index is 1.52. The molecular weight excluding hydrogens is 298 g/mol. The number of aromatic nitrogens is 3. The minimum Gasteiger partial charge on any atom is -0.355 e. The summed E-state index contributed by atoms with van der Waals surface area (Å²) in [6, 6.07) is 13.4. The molecule has 4 rings (SSSR count). The zero-order chi connectivity index (χ0) is 16.4. The Labute approximate surface area is 142 Å². The Morgan fingerprint density at radius 3 is 2.83 bits per heavy atom. The lowest BCUT2D eigenvalue weighted by Crippen LogP contribution is -2.34. The number of hydrogen-bond donors (Lipinski definition) is 1. The highest BCUT2D eigenvalue weighted by atomic mass is 15.3. The normalized spacial score (nSPS) is 19.5. The van der Waals surface area contributed by atoms with Gasteiger partial charge in [-0.2, -0.15) is 0 Å². The lowest BCUT2D eigenvalue weighted by atomic mass is 10.1. The third-order valence-electron chi connectivity index (χ3n) is 4.96. The van der Waals surface area contributed by atoms with Crippen molar-refractivity contribution in [2.24, 2.45) is 0 Å². The third kappa shape index (κ3) is 2.99. The minimum absolute atomic E-state index is 0.568. The Hall–Kier alpha value is -2.40. The van der Waals surface area contributed by atoms with E-state index < -0.39 is 0 Å². The maximum atomic E-state index is 4.55. The summed E-state index contributed by atoms with van der Waals surface area (Å²) in [4.78, 5) is 17.0. The van der Waals surface area contributed by atoms with Crippen LogP contribution in [0.3, 0.4) is 0 Å². The zero-order valence-corrected chi connectivity index (χ0v) is 14.0. The standard InChI is InChI=1S/C19H23N5/c1-15-8-10-23(19-17-7-9-20-18(17)21-14-22-19)11-12-24(15)13-16-5-3-2-4-6-16/h2-7,9,14-15H,8,10-13H2,1H3,(H,20,21,22). The Morgan fingerprint density at radius 2 is 1.96 bits per heavy atom. The predicted molar refractivity (Wildman–Crippen MR) is 97.0 cm³/mol. The average Bonchev–Trinajstić information content (AvgIpc) is 3.03. The van der Waals surface area contributed by atoms with Crippen LogP contribution in [0, 0.1) is 0 Å². The number of fused-ring (bicyclic) bond motifs is 1. The first-order valence-electron chi connectivity index (χ1n) is 8.62. The molecule has 3 heterocycles. The molecule has 5 nitrogen and oxygen atoms in total. The molecule has 0 saturated carbocycles. The van der Waals surface area contributed by atoms with Crippen molar-refractivity contribution < 1.29 is 0 Å². The van der Waals surface area contributed by atoms with Gasteiger partial charge >= 0.3 is 0 Å². The van der Waals surface area contributed by atoms with E-state index >= 15 is 0 Å². The summed E-state index contributed by atoms with van der Waals surface area (Å²) in [6.45, 7) is 6.42. The van der Waals surface area contributed by atoms with E-state index in [1.54, 1.807) is 6.33 Å². The van der Waals surface area contributed by atoms with Crippen molar-refractivity contribution in [3.05, 3.63) is 54.5 Å². The van der Waals surface area contributed by atoms with Crippen molar-refractivity contribution in [2.45, 2.75) is 25.9 Å². The van der Waals surface area contributed by atoms with E-state index in [-0.39, 0.29) is 0 Å². The molecule has 1 aromatic carbocycles. The summed E-state index contributed by atoms with van der Waals surface area (Å²) in [5, 5.41) is 1.11. The first-order chi connectivity index (χ1) is 11.8. The number of anilines is 1. The minimum atomic E-state index is 0.568. The van der Waals surface area contributed by atoms with Crippen molar-refractivity contribution in [3.8, 4) is 0 Å². The number of rotatable bonds is 3. The molecule has 1 aliphatic heterocycles. The maximum absolute atomic E-state index is 4.55. The molecule has 0 aliphatic carbocycles. The zero-order valence-electron chi connectivity index (χ0n) is 14.0. The molecule has 0 amide bonds. The second kappa shape index (κ2) is 6.61. The average molecular weight is 321 g/mol. The Kier molecular flexibility index (Phi) is 4.17. The summed E-state index contributed by atoms with van der Waals surface area (Å²) in [7, 11) is 0. The fourth-order valence-electron chi connectivity index (χ4n) is 3.48. The monoisotopic (exact) mass is 321 g/mol. The summed E-state index contributed by atoms with van der Waals surface area (Å²) in [5.74, 6) is 1.05. The van der Waals surface area contributed by atoms with Crippen molar-refractivity contribution in [2.75, 3.05) is 24.5 Å². The van der Waals surface area contributed by atoms with Gasteiger partial charge in [-0.15, -0.1) is 0 Å². The van der Waals surface area contributed by atoms with Crippen molar-refractivity contribution in [1.82, 2.24) is 19.9 Å². The number of benzene rings is 1. The van der Waals surface area contributed by atoms with E-state index in [0.717, 1.165) is 49.5 Å². The molecular formula is C19H23N5. The number of nitrogens with zero attached hydrogens (tertiary/aromatic N) is 4. The largest absolute Gasteiger partial charge is 0.355 e. The number of H-pyrrole nitrogens is 1. The summed E-state index contributed by atoms with van der Waals surface area (Å²) < 4.78 is 0. The maximum Gasteiger partial charge on any atom is 0.142 e. The summed E-state index contributed by atoms with van der Waals surface area (Å²) in [6.07, 6.45) is 4.73. The van der Waals surface area contributed by atoms with Gasteiger partial charge in [0.05, 0.1) is 5.39 Å². The van der Waals surface area contributed by atoms with Crippen LogP contribution in [0.25, 0.3) is 11.0 Å². The molecule has 5 heteroatoms. The van der Waals surface area contributed by atoms with Gasteiger partial charge in [0, 0.05) is 38.4 Å². The van der Waals surface area contributed by atoms with Crippen LogP contribution in [-0.4, -0.2) is 45.5 Å². The predicted octanol–water partition coefficient (Wildman–Crippen LogP) is 3.06. The lowest BCUT2D eigenvalue weighted by molar-refractivity contribution is 0.212. The van der Waals surface area contributed by atoms with Gasteiger partial charge < -0.3 is 9.88 Å². The lowest BCUT2D eigenvalue weighted by Gasteiger charge is -2.26. The van der Waals surface area contributed by atoms with Gasteiger partial charge in [-0.05, 0) is 25.0 Å². The number of aromatic amines is 1. The van der Waals surface area contributed by atoms with Crippen LogP contribution >= 0.6 is 0 Å². The molecule has 0 spiro atoms. The third-order valence-corrected chi connectivity index (χ3v) is 4.96. The van der Waals surface area contributed by atoms with E-state index in [4.69, 9.17) is 0 Å². The van der Waals surface area contributed by atoms with Gasteiger partial charge in [0.25, 0.3) is 0 Å². The van der Waals surface area contributed by atoms with Crippen LogP contribution in [0.2, 0.25) is 0 Å². The van der Waals surface area contributed by atoms with E-state index in [9.17, 15) is 0 Å². The number of nitrogens with one attached hydrogen (secondary N) is 1. The van der Waals surface area contributed by atoms with Crippen molar-refractivity contribution >= 4 is 16.9 Å². The first-order valence-corrected chi connectivity index (χ1v) is 8.62. The van der Waals surface area contributed by atoms with E-state index in [2.05, 4.69) is 68.1 Å². The van der Waals surface area contributed by atoms with Gasteiger partial charge in [0.1, 0.15) is 17.8 Å². The van der Waals surface area contributed by atoms with Gasteiger partial charge in [-0.3, -0.25) is 4.90 Å². The van der Waals surface area contributed by atoms with Gasteiger partial charge in [-0.1, -0.05) is 30.3 Å². The highest BCUT2D eigenvalue weighted by Crippen LogP contribution is 2.24. The quantitative estimate of drug-likeness (QED) is 0.805. The van der Waals surface area contributed by atoms with Gasteiger partial charge in [0.15, 0.2) is 0 Å². The van der Waals surface area contributed by atoms with Gasteiger partial charge in [0.2, 0.25) is 0 Å². The van der Waals surface area contributed by atoms with Crippen LogP contribution in [0.5, 0.6) is 0 Å². The molecule has 1 fully saturated rings. The molecule has 1 aliphatic rings.